The zero-order valence-electron chi connectivity index (χ0n) is 11.4. The quantitative estimate of drug-likeness (QED) is 0.856. The van der Waals surface area contributed by atoms with Gasteiger partial charge in [0, 0.05) is 11.2 Å². The fourth-order valence-electron chi connectivity index (χ4n) is 1.75. The van der Waals surface area contributed by atoms with Crippen LogP contribution in [0.3, 0.4) is 0 Å². The van der Waals surface area contributed by atoms with Crippen LogP contribution in [0, 0.1) is 0 Å². The monoisotopic (exact) mass is 307 g/mol. The summed E-state index contributed by atoms with van der Waals surface area (Å²) >= 11 is 5.87. The molecule has 0 unspecified atom stereocenters. The lowest BCUT2D eigenvalue weighted by atomic mass is 10.1. The van der Waals surface area contributed by atoms with Crippen LogP contribution in [0.5, 0.6) is 0 Å². The standard InChI is InChI=1S/C14H14ClN3O3/c1-21-14(20)9-18-8-12(7-16-18)17-13(19)6-10-3-2-4-11(15)5-10/h2-5,7-8H,6,9H2,1H3,(H,17,19). The molecule has 2 aromatic rings. The number of nitrogens with zero attached hydrogens (tertiary/aromatic N) is 2. The summed E-state index contributed by atoms with van der Waals surface area (Å²) in [5.41, 5.74) is 1.34. The van der Waals surface area contributed by atoms with Crippen molar-refractivity contribution in [1.82, 2.24) is 9.78 Å². The fourth-order valence-corrected chi connectivity index (χ4v) is 1.96. The first kappa shape index (κ1) is 15.1. The highest BCUT2D eigenvalue weighted by Gasteiger charge is 2.08. The van der Waals surface area contributed by atoms with E-state index in [0.29, 0.717) is 10.7 Å². The van der Waals surface area contributed by atoms with Gasteiger partial charge in [0.15, 0.2) is 0 Å². The molecule has 1 amide bonds. The summed E-state index contributed by atoms with van der Waals surface area (Å²) < 4.78 is 5.92. The van der Waals surface area contributed by atoms with Crippen LogP contribution in [0.2, 0.25) is 5.02 Å². The molecule has 1 heterocycles. The molecule has 0 bridgehead atoms. The molecule has 1 N–H and O–H groups in total. The van der Waals surface area contributed by atoms with Crippen molar-refractivity contribution in [2.75, 3.05) is 12.4 Å². The molecule has 110 valence electrons. The minimum Gasteiger partial charge on any atom is -0.468 e. The van der Waals surface area contributed by atoms with Gasteiger partial charge in [0.25, 0.3) is 0 Å². The molecule has 0 saturated heterocycles. The third-order valence-corrected chi connectivity index (χ3v) is 2.92. The summed E-state index contributed by atoms with van der Waals surface area (Å²) in [6, 6.07) is 7.10. The van der Waals surface area contributed by atoms with E-state index in [1.165, 1.54) is 18.0 Å². The maximum Gasteiger partial charge on any atom is 0.327 e. The normalized spacial score (nSPS) is 10.2. The van der Waals surface area contributed by atoms with Gasteiger partial charge in [-0.1, -0.05) is 23.7 Å². The minimum atomic E-state index is -0.407. The number of aromatic nitrogens is 2. The zero-order chi connectivity index (χ0) is 15.2. The number of halogens is 1. The van der Waals surface area contributed by atoms with Crippen LogP contribution in [0.1, 0.15) is 5.56 Å². The SMILES string of the molecule is COC(=O)Cn1cc(NC(=O)Cc2cccc(Cl)c2)cn1. The summed E-state index contributed by atoms with van der Waals surface area (Å²) in [6.45, 7) is 0.000658. The lowest BCUT2D eigenvalue weighted by molar-refractivity contribution is -0.141. The predicted molar refractivity (Wildman–Crippen MR) is 78.0 cm³/mol. The van der Waals surface area contributed by atoms with Crippen LogP contribution in [-0.4, -0.2) is 28.8 Å². The van der Waals surface area contributed by atoms with E-state index >= 15 is 0 Å². The van der Waals surface area contributed by atoms with E-state index in [2.05, 4.69) is 15.2 Å². The second-order valence-corrected chi connectivity index (χ2v) is 4.79. The first-order valence-corrected chi connectivity index (χ1v) is 6.58. The van der Waals surface area contributed by atoms with Gasteiger partial charge in [0.1, 0.15) is 6.54 Å². The number of esters is 1. The minimum absolute atomic E-state index is 0.000658. The zero-order valence-corrected chi connectivity index (χ0v) is 12.1. The Morgan fingerprint density at radius 3 is 2.95 bits per heavy atom. The lowest BCUT2D eigenvalue weighted by Crippen LogP contribution is -2.14. The van der Waals surface area contributed by atoms with E-state index in [-0.39, 0.29) is 18.9 Å². The summed E-state index contributed by atoms with van der Waals surface area (Å²) in [4.78, 5) is 23.0. The number of anilines is 1. The molecule has 0 spiro atoms. The first-order chi connectivity index (χ1) is 10.1. The second-order valence-electron chi connectivity index (χ2n) is 4.36. The van der Waals surface area contributed by atoms with Crippen LogP contribution in [0.4, 0.5) is 5.69 Å². The number of hydrogen-bond donors (Lipinski definition) is 1. The second kappa shape index (κ2) is 6.90. The lowest BCUT2D eigenvalue weighted by Gasteiger charge is -2.03. The van der Waals surface area contributed by atoms with Crippen molar-refractivity contribution in [3.05, 3.63) is 47.2 Å². The van der Waals surface area contributed by atoms with Gasteiger partial charge in [-0.2, -0.15) is 5.10 Å². The summed E-state index contributed by atoms with van der Waals surface area (Å²) in [5.74, 6) is -0.593. The number of ether oxygens (including phenoxy) is 1. The van der Waals surface area contributed by atoms with E-state index in [4.69, 9.17) is 11.6 Å². The van der Waals surface area contributed by atoms with E-state index in [1.807, 2.05) is 6.07 Å². The highest BCUT2D eigenvalue weighted by Crippen LogP contribution is 2.12. The molecule has 0 fully saturated rings. The largest absolute Gasteiger partial charge is 0.468 e. The van der Waals surface area contributed by atoms with Gasteiger partial charge in [-0.05, 0) is 17.7 Å². The van der Waals surface area contributed by atoms with Crippen molar-refractivity contribution in [1.29, 1.82) is 0 Å². The van der Waals surface area contributed by atoms with Crippen molar-refractivity contribution in [2.24, 2.45) is 0 Å². The number of carbonyl (C=O) groups is 2. The number of nitrogens with one attached hydrogen (secondary N) is 1. The van der Waals surface area contributed by atoms with Crippen molar-refractivity contribution in [2.45, 2.75) is 13.0 Å². The van der Waals surface area contributed by atoms with Gasteiger partial charge in [-0.25, -0.2) is 0 Å². The molecule has 21 heavy (non-hydrogen) atoms. The summed E-state index contributed by atoms with van der Waals surface area (Å²) in [6.07, 6.45) is 3.24. The van der Waals surface area contributed by atoms with Gasteiger partial charge in [0.2, 0.25) is 5.91 Å². The number of hydrogen-bond acceptors (Lipinski definition) is 4. The molecule has 0 saturated carbocycles. The Labute approximate surface area is 126 Å². The molecule has 6 nitrogen and oxygen atoms in total. The number of benzene rings is 1. The number of rotatable bonds is 5. The smallest absolute Gasteiger partial charge is 0.327 e. The molecule has 2 rings (SSSR count). The highest BCUT2D eigenvalue weighted by molar-refractivity contribution is 6.30. The summed E-state index contributed by atoms with van der Waals surface area (Å²) in [5, 5.41) is 7.25. The Bertz CT molecular complexity index is 654. The molecule has 0 aliphatic rings. The Hall–Kier alpha value is -2.34. The third kappa shape index (κ3) is 4.61. The van der Waals surface area contributed by atoms with Crippen LogP contribution < -0.4 is 5.32 Å². The van der Waals surface area contributed by atoms with E-state index in [9.17, 15) is 9.59 Å². The van der Waals surface area contributed by atoms with Crippen molar-refractivity contribution in [3.8, 4) is 0 Å². The van der Waals surface area contributed by atoms with Gasteiger partial charge in [0.05, 0.1) is 25.4 Å². The molecular formula is C14H14ClN3O3. The van der Waals surface area contributed by atoms with Crippen LogP contribution in [-0.2, 0) is 27.3 Å². The summed E-state index contributed by atoms with van der Waals surface area (Å²) in [7, 11) is 1.31. The van der Waals surface area contributed by atoms with Crippen molar-refractivity contribution < 1.29 is 14.3 Å². The third-order valence-electron chi connectivity index (χ3n) is 2.69. The predicted octanol–water partition coefficient (Wildman–Crippen LogP) is 1.89. The molecule has 0 aliphatic heterocycles. The maximum absolute atomic E-state index is 11.9. The molecule has 1 aromatic heterocycles. The molecule has 0 aliphatic carbocycles. The van der Waals surface area contributed by atoms with Crippen molar-refractivity contribution >= 4 is 29.2 Å². The van der Waals surface area contributed by atoms with Crippen LogP contribution in [0.15, 0.2) is 36.7 Å². The van der Waals surface area contributed by atoms with Crippen LogP contribution >= 0.6 is 11.6 Å². The van der Waals surface area contributed by atoms with Crippen LogP contribution in [0.25, 0.3) is 0 Å². The van der Waals surface area contributed by atoms with Crippen molar-refractivity contribution in [3.63, 3.8) is 0 Å². The number of methoxy groups -OCH3 is 1. The van der Waals surface area contributed by atoms with Gasteiger partial charge >= 0.3 is 5.97 Å². The first-order valence-electron chi connectivity index (χ1n) is 6.20. The fraction of sp³-hybridized carbons (Fsp3) is 0.214. The van der Waals surface area contributed by atoms with Gasteiger partial charge in [-0.3, -0.25) is 14.3 Å². The molecular weight excluding hydrogens is 294 g/mol. The maximum atomic E-state index is 11.9. The Kier molecular flexibility index (Phi) is 4.94. The Balaban J connectivity index is 1.92. The molecule has 0 radical (unpaired) electrons. The average molecular weight is 308 g/mol. The Morgan fingerprint density at radius 1 is 1.43 bits per heavy atom. The average Bonchev–Trinajstić information content (AvgIpc) is 2.85. The molecule has 1 aromatic carbocycles. The van der Waals surface area contributed by atoms with Gasteiger partial charge in [-0.15, -0.1) is 0 Å². The van der Waals surface area contributed by atoms with E-state index in [0.717, 1.165) is 5.56 Å². The van der Waals surface area contributed by atoms with Gasteiger partial charge < -0.3 is 10.1 Å². The van der Waals surface area contributed by atoms with E-state index in [1.54, 1.807) is 24.4 Å². The highest BCUT2D eigenvalue weighted by atomic mass is 35.5. The number of carbonyl (C=O) groups excluding carboxylic acids is 2. The molecule has 0 atom stereocenters. The van der Waals surface area contributed by atoms with E-state index < -0.39 is 5.97 Å². The topological polar surface area (TPSA) is 73.2 Å². The Morgan fingerprint density at radius 2 is 2.24 bits per heavy atom. The number of amides is 1. The molecule has 7 heteroatoms.